The molecule has 0 aliphatic heterocycles. The molecule has 0 N–H and O–H groups in total. The van der Waals surface area contributed by atoms with Crippen LogP contribution < -0.4 is 9.47 Å². The molecule has 0 atom stereocenters. The summed E-state index contributed by atoms with van der Waals surface area (Å²) in [5.74, 6) is 1.47. The standard InChI is InChI=1S/C17H16ClNO2/c1-20-15-7-6-12(10-16(15)21-2)11-19-9-8-13-4-3-5-14(18)17(13)19/h3-10H,11H2,1-2H3. The van der Waals surface area contributed by atoms with Gasteiger partial charge in [-0.25, -0.2) is 0 Å². The van der Waals surface area contributed by atoms with Crippen LogP contribution in [-0.2, 0) is 6.54 Å². The van der Waals surface area contributed by atoms with Crippen molar-refractivity contribution < 1.29 is 9.47 Å². The van der Waals surface area contributed by atoms with Crippen LogP contribution in [0.2, 0.25) is 5.02 Å². The van der Waals surface area contributed by atoms with Crippen LogP contribution in [0.15, 0.2) is 48.7 Å². The van der Waals surface area contributed by atoms with E-state index in [0.29, 0.717) is 0 Å². The number of hydrogen-bond acceptors (Lipinski definition) is 2. The number of nitrogens with zero attached hydrogens (tertiary/aromatic N) is 1. The van der Waals surface area contributed by atoms with Gasteiger partial charge >= 0.3 is 0 Å². The number of para-hydroxylation sites is 1. The number of ether oxygens (including phenoxy) is 2. The SMILES string of the molecule is COc1ccc(Cn2ccc3cccc(Cl)c32)cc1OC. The van der Waals surface area contributed by atoms with Gasteiger partial charge in [0.2, 0.25) is 0 Å². The Morgan fingerprint density at radius 1 is 1.00 bits per heavy atom. The average molecular weight is 302 g/mol. The van der Waals surface area contributed by atoms with Gasteiger partial charge in [-0.15, -0.1) is 0 Å². The second-order valence-corrected chi connectivity index (χ2v) is 5.22. The van der Waals surface area contributed by atoms with E-state index in [9.17, 15) is 0 Å². The highest BCUT2D eigenvalue weighted by Crippen LogP contribution is 2.29. The maximum absolute atomic E-state index is 6.31. The lowest BCUT2D eigenvalue weighted by Gasteiger charge is -2.11. The van der Waals surface area contributed by atoms with Crippen molar-refractivity contribution >= 4 is 22.5 Å². The van der Waals surface area contributed by atoms with Gasteiger partial charge in [0, 0.05) is 18.1 Å². The van der Waals surface area contributed by atoms with Gasteiger partial charge in [-0.3, -0.25) is 0 Å². The molecule has 3 aromatic rings. The zero-order chi connectivity index (χ0) is 14.8. The van der Waals surface area contributed by atoms with Crippen LogP contribution in [0.4, 0.5) is 0 Å². The second kappa shape index (κ2) is 5.70. The van der Waals surface area contributed by atoms with Crippen molar-refractivity contribution in [2.75, 3.05) is 14.2 Å². The molecule has 0 saturated heterocycles. The predicted octanol–water partition coefficient (Wildman–Crippen LogP) is 4.36. The van der Waals surface area contributed by atoms with E-state index >= 15 is 0 Å². The van der Waals surface area contributed by atoms with E-state index in [-0.39, 0.29) is 0 Å². The fraction of sp³-hybridized carbons (Fsp3) is 0.176. The number of rotatable bonds is 4. The summed E-state index contributed by atoms with van der Waals surface area (Å²) in [6.45, 7) is 0.730. The molecule has 0 aliphatic rings. The summed E-state index contributed by atoms with van der Waals surface area (Å²) in [6.07, 6.45) is 2.05. The molecule has 1 aromatic heterocycles. The molecule has 0 fully saturated rings. The van der Waals surface area contributed by atoms with E-state index in [1.165, 1.54) is 0 Å². The molecule has 0 radical (unpaired) electrons. The Morgan fingerprint density at radius 2 is 1.81 bits per heavy atom. The van der Waals surface area contributed by atoms with Crippen LogP contribution in [0.1, 0.15) is 5.56 Å². The number of fused-ring (bicyclic) bond motifs is 1. The highest BCUT2D eigenvalue weighted by Gasteiger charge is 2.08. The Bertz CT molecular complexity index is 780. The Kier molecular flexibility index (Phi) is 3.76. The molecule has 3 nitrogen and oxygen atoms in total. The zero-order valence-corrected chi connectivity index (χ0v) is 12.7. The normalized spacial score (nSPS) is 10.8. The largest absolute Gasteiger partial charge is 0.493 e. The van der Waals surface area contributed by atoms with E-state index < -0.39 is 0 Å². The average Bonchev–Trinajstić information content (AvgIpc) is 2.91. The Morgan fingerprint density at radius 3 is 2.57 bits per heavy atom. The Hall–Kier alpha value is -2.13. The monoisotopic (exact) mass is 301 g/mol. The van der Waals surface area contributed by atoms with Gasteiger partial charge in [-0.05, 0) is 29.8 Å². The van der Waals surface area contributed by atoms with Gasteiger partial charge in [0.15, 0.2) is 11.5 Å². The quantitative estimate of drug-likeness (QED) is 0.715. The van der Waals surface area contributed by atoms with E-state index in [4.69, 9.17) is 21.1 Å². The van der Waals surface area contributed by atoms with Crippen LogP contribution in [0.3, 0.4) is 0 Å². The summed E-state index contributed by atoms with van der Waals surface area (Å²) in [5.41, 5.74) is 2.18. The molecule has 0 aliphatic carbocycles. The van der Waals surface area contributed by atoms with E-state index in [2.05, 4.69) is 16.7 Å². The first-order valence-electron chi connectivity index (χ1n) is 6.67. The number of hydrogen-bond donors (Lipinski definition) is 0. The van der Waals surface area contributed by atoms with Crippen molar-refractivity contribution in [2.24, 2.45) is 0 Å². The van der Waals surface area contributed by atoms with Crippen molar-refractivity contribution in [3.05, 3.63) is 59.2 Å². The molecule has 0 amide bonds. The minimum absolute atomic E-state index is 0.730. The molecule has 0 spiro atoms. The summed E-state index contributed by atoms with van der Waals surface area (Å²) >= 11 is 6.31. The summed E-state index contributed by atoms with van der Waals surface area (Å²) in [7, 11) is 3.28. The minimum atomic E-state index is 0.730. The van der Waals surface area contributed by atoms with Gasteiger partial charge in [0.05, 0.1) is 24.8 Å². The molecule has 0 bridgehead atoms. The van der Waals surface area contributed by atoms with Crippen molar-refractivity contribution in [1.29, 1.82) is 0 Å². The van der Waals surface area contributed by atoms with Crippen LogP contribution in [-0.4, -0.2) is 18.8 Å². The Balaban J connectivity index is 1.99. The Labute approximate surface area is 128 Å². The lowest BCUT2D eigenvalue weighted by molar-refractivity contribution is 0.354. The number of halogens is 1. The summed E-state index contributed by atoms with van der Waals surface area (Å²) in [4.78, 5) is 0. The summed E-state index contributed by atoms with van der Waals surface area (Å²) in [5, 5.41) is 1.90. The van der Waals surface area contributed by atoms with Crippen LogP contribution >= 0.6 is 11.6 Å². The van der Waals surface area contributed by atoms with Crippen molar-refractivity contribution in [1.82, 2.24) is 4.57 Å². The van der Waals surface area contributed by atoms with E-state index in [1.54, 1.807) is 14.2 Å². The first-order chi connectivity index (χ1) is 10.2. The van der Waals surface area contributed by atoms with Crippen molar-refractivity contribution in [3.63, 3.8) is 0 Å². The van der Waals surface area contributed by atoms with Crippen LogP contribution in [0.25, 0.3) is 10.9 Å². The second-order valence-electron chi connectivity index (χ2n) is 4.81. The van der Waals surface area contributed by atoms with Gasteiger partial charge in [-0.2, -0.15) is 0 Å². The molecule has 2 aromatic carbocycles. The molecule has 21 heavy (non-hydrogen) atoms. The minimum Gasteiger partial charge on any atom is -0.493 e. The fourth-order valence-electron chi connectivity index (χ4n) is 2.52. The first kappa shape index (κ1) is 13.8. The van der Waals surface area contributed by atoms with Crippen molar-refractivity contribution in [2.45, 2.75) is 6.54 Å². The van der Waals surface area contributed by atoms with Gasteiger partial charge in [0.25, 0.3) is 0 Å². The van der Waals surface area contributed by atoms with Crippen molar-refractivity contribution in [3.8, 4) is 11.5 Å². The first-order valence-corrected chi connectivity index (χ1v) is 7.05. The third kappa shape index (κ3) is 2.57. The highest BCUT2D eigenvalue weighted by atomic mass is 35.5. The lowest BCUT2D eigenvalue weighted by atomic mass is 10.2. The van der Waals surface area contributed by atoms with Gasteiger partial charge < -0.3 is 14.0 Å². The molecular weight excluding hydrogens is 286 g/mol. The number of benzene rings is 2. The van der Waals surface area contributed by atoms with Crippen LogP contribution in [0, 0.1) is 0 Å². The highest BCUT2D eigenvalue weighted by molar-refractivity contribution is 6.35. The molecule has 1 heterocycles. The smallest absolute Gasteiger partial charge is 0.161 e. The van der Waals surface area contributed by atoms with Gasteiger partial charge in [0.1, 0.15) is 0 Å². The topological polar surface area (TPSA) is 23.4 Å². The third-order valence-corrected chi connectivity index (χ3v) is 3.85. The maximum Gasteiger partial charge on any atom is 0.161 e. The predicted molar refractivity (Wildman–Crippen MR) is 85.6 cm³/mol. The molecule has 0 unspecified atom stereocenters. The van der Waals surface area contributed by atoms with E-state index in [1.807, 2.05) is 36.5 Å². The molecular formula is C17H16ClNO2. The maximum atomic E-state index is 6.31. The zero-order valence-electron chi connectivity index (χ0n) is 12.0. The third-order valence-electron chi connectivity index (χ3n) is 3.54. The molecule has 0 saturated carbocycles. The molecule has 108 valence electrons. The van der Waals surface area contributed by atoms with E-state index in [0.717, 1.165) is 39.5 Å². The number of aromatic nitrogens is 1. The molecule has 3 rings (SSSR count). The lowest BCUT2D eigenvalue weighted by Crippen LogP contribution is -1.99. The number of methoxy groups -OCH3 is 2. The summed E-state index contributed by atoms with van der Waals surface area (Å²) < 4.78 is 12.7. The molecule has 4 heteroatoms. The van der Waals surface area contributed by atoms with Gasteiger partial charge in [-0.1, -0.05) is 29.8 Å². The summed E-state index contributed by atoms with van der Waals surface area (Å²) in [6, 6.07) is 13.9. The van der Waals surface area contributed by atoms with Crippen LogP contribution in [0.5, 0.6) is 11.5 Å². The fourth-order valence-corrected chi connectivity index (χ4v) is 2.81.